The molecule has 0 saturated carbocycles. The number of rotatable bonds is 6. The zero-order valence-corrected chi connectivity index (χ0v) is 17.2. The van der Waals surface area contributed by atoms with Gasteiger partial charge in [-0.1, -0.05) is 30.3 Å². The smallest absolute Gasteiger partial charge is 0.346 e. The molecule has 7 heteroatoms. The van der Waals surface area contributed by atoms with Crippen LogP contribution in [0.25, 0.3) is 22.3 Å². The number of ether oxygens (including phenoxy) is 3. The Kier molecular flexibility index (Phi) is 6.04. The molecule has 0 saturated heterocycles. The molecule has 0 fully saturated rings. The fraction of sp³-hybridized carbons (Fsp3) is 0.238. The van der Waals surface area contributed by atoms with E-state index in [-0.39, 0.29) is 6.61 Å². The van der Waals surface area contributed by atoms with Gasteiger partial charge in [0.2, 0.25) is 0 Å². The molecule has 1 aromatic heterocycles. The van der Waals surface area contributed by atoms with E-state index in [2.05, 4.69) is 15.9 Å². The number of furan rings is 1. The molecule has 0 aliphatic heterocycles. The average molecular weight is 447 g/mol. The van der Waals surface area contributed by atoms with Gasteiger partial charge in [0.15, 0.2) is 6.10 Å². The minimum Gasteiger partial charge on any atom is -0.478 e. The van der Waals surface area contributed by atoms with Crippen LogP contribution in [-0.4, -0.2) is 31.8 Å². The number of esters is 2. The molecule has 0 N–H and O–H groups in total. The van der Waals surface area contributed by atoms with E-state index in [9.17, 15) is 9.59 Å². The van der Waals surface area contributed by atoms with Crippen molar-refractivity contribution >= 4 is 38.8 Å². The van der Waals surface area contributed by atoms with E-state index in [0.717, 1.165) is 5.56 Å². The van der Waals surface area contributed by atoms with Crippen molar-refractivity contribution in [2.45, 2.75) is 20.0 Å². The fourth-order valence-electron chi connectivity index (χ4n) is 2.79. The van der Waals surface area contributed by atoms with Gasteiger partial charge >= 0.3 is 11.9 Å². The summed E-state index contributed by atoms with van der Waals surface area (Å²) in [6, 6.07) is 12.7. The quantitative estimate of drug-likeness (QED) is 0.497. The predicted molar refractivity (Wildman–Crippen MR) is 107 cm³/mol. The minimum atomic E-state index is -0.815. The third-order valence-corrected chi connectivity index (χ3v) is 4.71. The summed E-state index contributed by atoms with van der Waals surface area (Å²) in [4.78, 5) is 24.4. The second-order valence-corrected chi connectivity index (χ2v) is 6.81. The van der Waals surface area contributed by atoms with Crippen LogP contribution in [0.15, 0.2) is 51.4 Å². The molecule has 1 unspecified atom stereocenters. The highest BCUT2D eigenvalue weighted by molar-refractivity contribution is 9.10. The summed E-state index contributed by atoms with van der Waals surface area (Å²) < 4.78 is 22.2. The number of halogens is 1. The van der Waals surface area contributed by atoms with Crippen molar-refractivity contribution in [3.05, 3.63) is 52.5 Å². The van der Waals surface area contributed by atoms with Crippen LogP contribution in [0.2, 0.25) is 0 Å². The number of hydrogen-bond donors (Lipinski definition) is 0. The lowest BCUT2D eigenvalue weighted by Crippen LogP contribution is -2.25. The topological polar surface area (TPSA) is 75.0 Å². The van der Waals surface area contributed by atoms with Gasteiger partial charge in [-0.15, -0.1) is 0 Å². The fourth-order valence-corrected chi connectivity index (χ4v) is 3.21. The van der Waals surface area contributed by atoms with Gasteiger partial charge in [-0.05, 0) is 41.9 Å². The molecular formula is C21H19BrO6. The van der Waals surface area contributed by atoms with Gasteiger partial charge < -0.3 is 18.6 Å². The average Bonchev–Trinajstić information content (AvgIpc) is 3.06. The van der Waals surface area contributed by atoms with E-state index in [4.69, 9.17) is 18.6 Å². The maximum Gasteiger partial charge on any atom is 0.346 e. The van der Waals surface area contributed by atoms with Gasteiger partial charge in [-0.25, -0.2) is 9.59 Å². The Bertz CT molecular complexity index is 1010. The van der Waals surface area contributed by atoms with E-state index < -0.39 is 18.0 Å². The summed E-state index contributed by atoms with van der Waals surface area (Å²) in [5.41, 5.74) is 1.56. The van der Waals surface area contributed by atoms with Crippen LogP contribution in [0.1, 0.15) is 24.2 Å². The number of carbonyl (C=O) groups is 2. The molecule has 1 heterocycles. The number of methoxy groups -OCH3 is 1. The minimum absolute atomic E-state index is 0.235. The predicted octanol–water partition coefficient (Wildman–Crippen LogP) is 4.98. The van der Waals surface area contributed by atoms with E-state index in [1.807, 2.05) is 30.3 Å². The zero-order chi connectivity index (χ0) is 20.3. The zero-order valence-electron chi connectivity index (χ0n) is 15.7. The second-order valence-electron chi connectivity index (χ2n) is 5.95. The third-order valence-electron chi connectivity index (χ3n) is 4.09. The Morgan fingerprint density at radius 3 is 2.54 bits per heavy atom. The number of carbonyl (C=O) groups excluding carboxylic acids is 2. The largest absolute Gasteiger partial charge is 0.478 e. The maximum absolute atomic E-state index is 12.7. The number of fused-ring (bicyclic) bond motifs is 1. The highest BCUT2D eigenvalue weighted by Gasteiger charge is 2.25. The normalized spacial score (nSPS) is 11.9. The lowest BCUT2D eigenvalue weighted by atomic mass is 10.1. The van der Waals surface area contributed by atoms with Crippen LogP contribution in [0.5, 0.6) is 5.75 Å². The lowest BCUT2D eigenvalue weighted by Gasteiger charge is -2.13. The molecule has 146 valence electrons. The molecule has 0 amide bonds. The van der Waals surface area contributed by atoms with E-state index in [1.165, 1.54) is 7.11 Å². The SMILES string of the molecule is CCOC(=O)c1c(-c2ccccc2)oc2cc(Br)c(OC(C)C(=O)OC)cc12. The first-order valence-electron chi connectivity index (χ1n) is 8.69. The van der Waals surface area contributed by atoms with Gasteiger partial charge in [-0.2, -0.15) is 0 Å². The van der Waals surface area contributed by atoms with Crippen molar-refractivity contribution in [1.29, 1.82) is 0 Å². The van der Waals surface area contributed by atoms with Crippen molar-refractivity contribution in [2.75, 3.05) is 13.7 Å². The molecular weight excluding hydrogens is 428 g/mol. The Morgan fingerprint density at radius 1 is 1.18 bits per heavy atom. The molecule has 6 nitrogen and oxygen atoms in total. The Labute approximate surface area is 170 Å². The van der Waals surface area contributed by atoms with Gasteiger partial charge in [0.05, 0.1) is 18.2 Å². The summed E-state index contributed by atoms with van der Waals surface area (Å²) in [5, 5.41) is 0.535. The molecule has 2 aromatic carbocycles. The summed E-state index contributed by atoms with van der Waals surface area (Å²) >= 11 is 3.42. The van der Waals surface area contributed by atoms with Gasteiger partial charge in [-0.3, -0.25) is 0 Å². The Morgan fingerprint density at radius 2 is 1.89 bits per heavy atom. The summed E-state index contributed by atoms with van der Waals surface area (Å²) in [6.45, 7) is 3.56. The molecule has 3 aromatic rings. The third kappa shape index (κ3) is 3.89. The summed E-state index contributed by atoms with van der Waals surface area (Å²) in [5.74, 6) is -0.195. The molecule has 28 heavy (non-hydrogen) atoms. The van der Waals surface area contributed by atoms with Crippen LogP contribution >= 0.6 is 15.9 Å². The first kappa shape index (κ1) is 19.9. The molecule has 0 aliphatic rings. The summed E-state index contributed by atoms with van der Waals surface area (Å²) in [7, 11) is 1.29. The van der Waals surface area contributed by atoms with Crippen LogP contribution in [-0.2, 0) is 14.3 Å². The van der Waals surface area contributed by atoms with Crippen LogP contribution < -0.4 is 4.74 Å². The van der Waals surface area contributed by atoms with Crippen molar-refractivity contribution in [1.82, 2.24) is 0 Å². The monoisotopic (exact) mass is 446 g/mol. The second kappa shape index (κ2) is 8.48. The standard InChI is InChI=1S/C21H19BrO6/c1-4-26-21(24)18-14-10-17(27-12(2)20(23)25-3)15(22)11-16(14)28-19(18)13-8-6-5-7-9-13/h5-12H,4H2,1-3H3. The first-order chi connectivity index (χ1) is 13.5. The van der Waals surface area contributed by atoms with Gasteiger partial charge in [0.25, 0.3) is 0 Å². The van der Waals surface area contributed by atoms with Gasteiger partial charge in [0, 0.05) is 10.9 Å². The van der Waals surface area contributed by atoms with Crippen LogP contribution in [0.3, 0.4) is 0 Å². The van der Waals surface area contributed by atoms with Gasteiger partial charge in [0.1, 0.15) is 22.7 Å². The van der Waals surface area contributed by atoms with E-state index in [1.54, 1.807) is 26.0 Å². The molecule has 0 spiro atoms. The van der Waals surface area contributed by atoms with Crippen LogP contribution in [0.4, 0.5) is 0 Å². The lowest BCUT2D eigenvalue weighted by molar-refractivity contribution is -0.147. The Hall–Kier alpha value is -2.80. The molecule has 0 radical (unpaired) electrons. The van der Waals surface area contributed by atoms with Crippen molar-refractivity contribution in [3.63, 3.8) is 0 Å². The van der Waals surface area contributed by atoms with E-state index >= 15 is 0 Å². The van der Waals surface area contributed by atoms with Crippen LogP contribution in [0, 0.1) is 0 Å². The maximum atomic E-state index is 12.7. The summed E-state index contributed by atoms with van der Waals surface area (Å²) in [6.07, 6.45) is -0.815. The number of benzene rings is 2. The molecule has 1 atom stereocenters. The highest BCUT2D eigenvalue weighted by Crippen LogP contribution is 2.39. The van der Waals surface area contributed by atoms with E-state index in [0.29, 0.717) is 32.5 Å². The highest BCUT2D eigenvalue weighted by atomic mass is 79.9. The van der Waals surface area contributed by atoms with Crippen molar-refractivity contribution in [2.24, 2.45) is 0 Å². The first-order valence-corrected chi connectivity index (χ1v) is 9.48. The van der Waals surface area contributed by atoms with Crippen molar-refractivity contribution < 1.29 is 28.2 Å². The Balaban J connectivity index is 2.16. The number of hydrogen-bond acceptors (Lipinski definition) is 6. The molecule has 0 aliphatic carbocycles. The molecule has 3 rings (SSSR count). The van der Waals surface area contributed by atoms with Crippen molar-refractivity contribution in [3.8, 4) is 17.1 Å². The molecule has 0 bridgehead atoms.